The van der Waals surface area contributed by atoms with Crippen LogP contribution in [0.1, 0.15) is 6.42 Å². The summed E-state index contributed by atoms with van der Waals surface area (Å²) in [7, 11) is 0. The van der Waals surface area contributed by atoms with E-state index in [4.69, 9.17) is 9.72 Å². The van der Waals surface area contributed by atoms with Gasteiger partial charge in [-0.1, -0.05) is 42.5 Å². The van der Waals surface area contributed by atoms with Gasteiger partial charge in [0, 0.05) is 77.0 Å². The van der Waals surface area contributed by atoms with Crippen LogP contribution in [0.4, 0.5) is 31.9 Å². The molecule has 2 aliphatic heterocycles. The summed E-state index contributed by atoms with van der Waals surface area (Å²) in [6, 6.07) is 30.1. The molecule has 0 saturated carbocycles. The topological polar surface area (TPSA) is 84.9 Å². The van der Waals surface area contributed by atoms with Crippen molar-refractivity contribution in [2.75, 3.05) is 99.0 Å². The normalized spacial score (nSPS) is 16.8. The number of aromatic nitrogens is 3. The van der Waals surface area contributed by atoms with Gasteiger partial charge in [-0.25, -0.2) is 19.3 Å². The zero-order valence-corrected chi connectivity index (χ0v) is 29.5. The second-order valence-corrected chi connectivity index (χ2v) is 13.3. The molecule has 0 spiro atoms. The van der Waals surface area contributed by atoms with Crippen molar-refractivity contribution < 1.29 is 13.5 Å². The minimum absolute atomic E-state index is 0.0799. The van der Waals surface area contributed by atoms with Gasteiger partial charge in [0.15, 0.2) is 6.17 Å². The van der Waals surface area contributed by atoms with Gasteiger partial charge in [-0.3, -0.25) is 9.80 Å². The smallest absolute Gasteiger partial charge is 0.214 e. The Balaban J connectivity index is 0.958. The number of nitrogens with zero attached hydrogens (tertiary/aromatic N) is 7. The molecule has 5 aromatic rings. The number of pyridine rings is 3. The second-order valence-electron chi connectivity index (χ2n) is 13.3. The van der Waals surface area contributed by atoms with Crippen molar-refractivity contribution in [1.29, 1.82) is 0 Å². The maximum absolute atomic E-state index is 16.5. The van der Waals surface area contributed by atoms with Gasteiger partial charge in [-0.2, -0.15) is 4.39 Å². The molecule has 5 heterocycles. The molecule has 2 atom stereocenters. The summed E-state index contributed by atoms with van der Waals surface area (Å²) < 4.78 is 36.7. The first kappa shape index (κ1) is 35.3. The third-order valence-electron chi connectivity index (χ3n) is 9.91. The Morgan fingerprint density at radius 3 is 2.33 bits per heavy atom. The maximum Gasteiger partial charge on any atom is 0.214 e. The van der Waals surface area contributed by atoms with E-state index in [-0.39, 0.29) is 6.61 Å². The van der Waals surface area contributed by atoms with Gasteiger partial charge in [-0.15, -0.1) is 0 Å². The molecule has 2 aromatic carbocycles. The van der Waals surface area contributed by atoms with Crippen molar-refractivity contribution in [1.82, 2.24) is 24.8 Å². The highest BCUT2D eigenvalue weighted by Gasteiger charge is 2.32. The summed E-state index contributed by atoms with van der Waals surface area (Å²) in [5.74, 6) is 2.41. The lowest BCUT2D eigenvalue weighted by Gasteiger charge is -2.41. The molecule has 0 amide bonds. The van der Waals surface area contributed by atoms with E-state index in [1.807, 2.05) is 83.8 Å². The van der Waals surface area contributed by atoms with Crippen LogP contribution in [0, 0.1) is 5.95 Å². The number of hydrogen-bond acceptors (Lipinski definition) is 10. The molecular formula is C40H47F2N9O. The fourth-order valence-corrected chi connectivity index (χ4v) is 7.04. The van der Waals surface area contributed by atoms with Gasteiger partial charge in [0.05, 0.1) is 17.2 Å². The van der Waals surface area contributed by atoms with Crippen LogP contribution in [0.5, 0.6) is 5.75 Å². The lowest BCUT2D eigenvalue weighted by Crippen LogP contribution is -2.56. The first-order chi connectivity index (χ1) is 25.6. The van der Waals surface area contributed by atoms with E-state index in [2.05, 4.69) is 41.4 Å². The van der Waals surface area contributed by atoms with E-state index in [0.29, 0.717) is 50.1 Å². The van der Waals surface area contributed by atoms with Crippen molar-refractivity contribution in [2.24, 2.45) is 0 Å². The van der Waals surface area contributed by atoms with E-state index in [1.165, 1.54) is 6.07 Å². The van der Waals surface area contributed by atoms with Crippen LogP contribution in [0.25, 0.3) is 10.9 Å². The van der Waals surface area contributed by atoms with Gasteiger partial charge in [0.2, 0.25) is 5.95 Å². The van der Waals surface area contributed by atoms with Crippen molar-refractivity contribution in [2.45, 2.75) is 18.6 Å². The van der Waals surface area contributed by atoms with Gasteiger partial charge in [-0.05, 0) is 67.6 Å². The second kappa shape index (κ2) is 17.4. The Labute approximate surface area is 304 Å². The highest BCUT2D eigenvalue weighted by Crippen LogP contribution is 2.30. The Morgan fingerprint density at radius 1 is 0.712 bits per heavy atom. The zero-order valence-electron chi connectivity index (χ0n) is 29.5. The summed E-state index contributed by atoms with van der Waals surface area (Å²) in [6.07, 6.45) is 1.56. The number of para-hydroxylation sites is 3. The quantitative estimate of drug-likeness (QED) is 0.103. The molecule has 3 aromatic heterocycles. The standard InChI is InChI=1S/C40H47F2N9O/c41-32(30-52-36-12-4-3-11-34(36)49-23-21-48(22-24-49)20-8-19-44-38-14-5-6-18-43-38)35(29-45-39-17-16-31-9-1-2-10-33(31)46-39)50-25-27-51(28-26-50)40-15-7-13-37(42)47-40/h1-7,9-18,32,35H,8,19-30H2,(H,43,44)(H,45,46). The predicted molar refractivity (Wildman–Crippen MR) is 205 cm³/mol. The average molecular weight is 708 g/mol. The largest absolute Gasteiger partial charge is 0.488 e. The van der Waals surface area contributed by atoms with E-state index >= 15 is 4.39 Å². The SMILES string of the molecule is Fc1cccc(N2CCN(C(CNc3ccc4ccccc4n3)C(F)COc3ccccc3N3CCN(CCCNc4ccccn4)CC3)CC2)n1. The third-order valence-corrected chi connectivity index (χ3v) is 9.91. The first-order valence-electron chi connectivity index (χ1n) is 18.3. The Kier molecular flexibility index (Phi) is 11.8. The number of rotatable bonds is 15. The molecule has 0 aliphatic carbocycles. The average Bonchev–Trinajstić information content (AvgIpc) is 3.20. The lowest BCUT2D eigenvalue weighted by atomic mass is 10.1. The van der Waals surface area contributed by atoms with E-state index < -0.39 is 18.2 Å². The number of hydrogen-bond donors (Lipinski definition) is 2. The molecule has 12 heteroatoms. The van der Waals surface area contributed by atoms with Crippen molar-refractivity contribution >= 4 is 34.0 Å². The summed E-state index contributed by atoms with van der Waals surface area (Å²) in [5.41, 5.74) is 1.88. The number of halogens is 2. The van der Waals surface area contributed by atoms with Crippen LogP contribution in [-0.2, 0) is 0 Å². The molecule has 2 unspecified atom stereocenters. The number of alkyl halides is 1. The molecule has 7 rings (SSSR count). The minimum atomic E-state index is -1.28. The first-order valence-corrected chi connectivity index (χ1v) is 18.3. The van der Waals surface area contributed by atoms with E-state index in [1.54, 1.807) is 12.3 Å². The minimum Gasteiger partial charge on any atom is -0.488 e. The van der Waals surface area contributed by atoms with Crippen LogP contribution in [0.3, 0.4) is 0 Å². The molecule has 2 aliphatic rings. The summed E-state index contributed by atoms with van der Waals surface area (Å²) in [6.45, 7) is 8.29. The van der Waals surface area contributed by atoms with Gasteiger partial charge in [0.1, 0.15) is 29.8 Å². The van der Waals surface area contributed by atoms with E-state index in [9.17, 15) is 4.39 Å². The summed E-state index contributed by atoms with van der Waals surface area (Å²) in [4.78, 5) is 22.2. The van der Waals surface area contributed by atoms with Gasteiger partial charge >= 0.3 is 0 Å². The van der Waals surface area contributed by atoms with Crippen LogP contribution in [0.2, 0.25) is 0 Å². The number of anilines is 4. The molecule has 0 bridgehead atoms. The number of piperazine rings is 2. The van der Waals surface area contributed by atoms with Crippen molar-refractivity contribution in [3.8, 4) is 5.75 Å². The zero-order chi connectivity index (χ0) is 35.5. The third kappa shape index (κ3) is 9.23. The number of benzene rings is 2. The van der Waals surface area contributed by atoms with Crippen LogP contribution < -0.4 is 25.2 Å². The highest BCUT2D eigenvalue weighted by molar-refractivity contribution is 5.80. The molecule has 2 N–H and O–H groups in total. The molecule has 52 heavy (non-hydrogen) atoms. The molecule has 2 saturated heterocycles. The molecule has 10 nitrogen and oxygen atoms in total. The van der Waals surface area contributed by atoms with Crippen LogP contribution >= 0.6 is 0 Å². The Hall–Kier alpha value is -5.07. The Morgan fingerprint density at radius 2 is 1.50 bits per heavy atom. The van der Waals surface area contributed by atoms with Crippen molar-refractivity contribution in [3.05, 3.63) is 109 Å². The van der Waals surface area contributed by atoms with E-state index in [0.717, 1.165) is 68.1 Å². The fraction of sp³-hybridized carbons (Fsp3) is 0.375. The van der Waals surface area contributed by atoms with Crippen LogP contribution in [0.15, 0.2) is 103 Å². The Bertz CT molecular complexity index is 1850. The van der Waals surface area contributed by atoms with Gasteiger partial charge < -0.3 is 25.2 Å². The summed E-state index contributed by atoms with van der Waals surface area (Å²) >= 11 is 0. The van der Waals surface area contributed by atoms with Gasteiger partial charge in [0.25, 0.3) is 0 Å². The monoisotopic (exact) mass is 707 g/mol. The number of fused-ring (bicyclic) bond motifs is 1. The van der Waals surface area contributed by atoms with Crippen molar-refractivity contribution in [3.63, 3.8) is 0 Å². The van der Waals surface area contributed by atoms with Crippen LogP contribution in [-0.4, -0.2) is 116 Å². The molecular weight excluding hydrogens is 660 g/mol. The summed E-state index contributed by atoms with van der Waals surface area (Å²) in [5, 5.41) is 7.86. The molecule has 272 valence electrons. The predicted octanol–water partition coefficient (Wildman–Crippen LogP) is 5.81. The molecule has 2 fully saturated rings. The molecule has 0 radical (unpaired) electrons. The number of ether oxygens (including phenoxy) is 1. The lowest BCUT2D eigenvalue weighted by molar-refractivity contribution is 0.0775. The maximum atomic E-state index is 16.5. The fourth-order valence-electron chi connectivity index (χ4n) is 7.04. The highest BCUT2D eigenvalue weighted by atomic mass is 19.1. The number of nitrogens with one attached hydrogen (secondary N) is 2.